The number of hydrogen-bond acceptors (Lipinski definition) is 2. The number of amides is 1. The molecule has 0 unspecified atom stereocenters. The monoisotopic (exact) mass is 337 g/mol. The van der Waals surface area contributed by atoms with E-state index in [0.29, 0.717) is 23.2 Å². The Labute approximate surface area is 140 Å². The highest BCUT2D eigenvalue weighted by molar-refractivity contribution is 6.42. The first-order valence-electron chi connectivity index (χ1n) is 6.95. The Kier molecular flexibility index (Phi) is 6.10. The van der Waals surface area contributed by atoms with E-state index in [1.54, 1.807) is 18.2 Å². The van der Waals surface area contributed by atoms with Crippen LogP contribution in [0.25, 0.3) is 0 Å². The molecule has 2 aromatic rings. The summed E-state index contributed by atoms with van der Waals surface area (Å²) in [4.78, 5) is 11.8. The molecule has 116 valence electrons. The van der Waals surface area contributed by atoms with E-state index in [9.17, 15) is 4.79 Å². The summed E-state index contributed by atoms with van der Waals surface area (Å²) >= 11 is 11.8. The van der Waals surface area contributed by atoms with Crippen molar-refractivity contribution in [3.05, 3.63) is 63.6 Å². The maximum Gasteiger partial charge on any atom is 0.224 e. The first kappa shape index (κ1) is 16.7. The predicted molar refractivity (Wildman–Crippen MR) is 89.8 cm³/mol. The normalized spacial score (nSPS) is 10.3. The Balaban J connectivity index is 1.74. The fourth-order valence-corrected chi connectivity index (χ4v) is 2.29. The van der Waals surface area contributed by atoms with Crippen LogP contribution in [-0.2, 0) is 11.2 Å². The Morgan fingerprint density at radius 1 is 1.14 bits per heavy atom. The Morgan fingerprint density at radius 2 is 1.91 bits per heavy atom. The molecule has 3 nitrogen and oxygen atoms in total. The third kappa shape index (κ3) is 4.93. The number of para-hydroxylation sites is 1. The van der Waals surface area contributed by atoms with Crippen LogP contribution >= 0.6 is 23.2 Å². The van der Waals surface area contributed by atoms with Crippen molar-refractivity contribution < 1.29 is 9.53 Å². The summed E-state index contributed by atoms with van der Waals surface area (Å²) in [7, 11) is 0. The van der Waals surface area contributed by atoms with Gasteiger partial charge in [-0.25, -0.2) is 0 Å². The van der Waals surface area contributed by atoms with Gasteiger partial charge in [0.05, 0.1) is 23.0 Å². The van der Waals surface area contributed by atoms with Gasteiger partial charge in [-0.2, -0.15) is 0 Å². The Hall–Kier alpha value is -1.71. The van der Waals surface area contributed by atoms with Crippen molar-refractivity contribution in [2.75, 3.05) is 13.2 Å². The molecular formula is C17H17Cl2NO2. The molecule has 0 aliphatic carbocycles. The van der Waals surface area contributed by atoms with Crippen LogP contribution in [0.5, 0.6) is 5.75 Å². The highest BCUT2D eigenvalue weighted by Crippen LogP contribution is 2.22. The second-order valence-corrected chi connectivity index (χ2v) is 5.70. The third-order valence-corrected chi connectivity index (χ3v) is 3.86. The van der Waals surface area contributed by atoms with E-state index < -0.39 is 0 Å². The molecule has 0 saturated carbocycles. The molecule has 1 N–H and O–H groups in total. The molecule has 0 spiro atoms. The molecule has 0 radical (unpaired) electrons. The van der Waals surface area contributed by atoms with Crippen molar-refractivity contribution in [2.45, 2.75) is 13.3 Å². The zero-order valence-electron chi connectivity index (χ0n) is 12.2. The summed E-state index contributed by atoms with van der Waals surface area (Å²) in [5, 5.41) is 3.75. The number of halogens is 2. The van der Waals surface area contributed by atoms with Crippen LogP contribution in [-0.4, -0.2) is 19.1 Å². The average molecular weight is 338 g/mol. The van der Waals surface area contributed by atoms with Gasteiger partial charge in [0.1, 0.15) is 12.4 Å². The molecule has 0 heterocycles. The fraction of sp³-hybridized carbons (Fsp3) is 0.235. The zero-order chi connectivity index (χ0) is 15.9. The maximum absolute atomic E-state index is 11.8. The number of ether oxygens (including phenoxy) is 1. The van der Waals surface area contributed by atoms with E-state index in [1.165, 1.54) is 0 Å². The van der Waals surface area contributed by atoms with Crippen LogP contribution in [0.15, 0.2) is 42.5 Å². The molecule has 0 fully saturated rings. The summed E-state index contributed by atoms with van der Waals surface area (Å²) in [5.41, 5.74) is 1.90. The van der Waals surface area contributed by atoms with Crippen molar-refractivity contribution in [3.8, 4) is 5.75 Å². The van der Waals surface area contributed by atoms with Crippen LogP contribution in [0, 0.1) is 6.92 Å². The van der Waals surface area contributed by atoms with Crippen molar-refractivity contribution in [1.29, 1.82) is 0 Å². The van der Waals surface area contributed by atoms with Crippen molar-refractivity contribution in [1.82, 2.24) is 5.32 Å². The van der Waals surface area contributed by atoms with Gasteiger partial charge in [0, 0.05) is 0 Å². The number of carbonyl (C=O) groups is 1. The Bertz CT molecular complexity index is 659. The minimum Gasteiger partial charge on any atom is -0.491 e. The van der Waals surface area contributed by atoms with E-state index in [4.69, 9.17) is 27.9 Å². The number of nitrogens with one attached hydrogen (secondary N) is 1. The lowest BCUT2D eigenvalue weighted by molar-refractivity contribution is -0.120. The molecule has 0 aliphatic heterocycles. The smallest absolute Gasteiger partial charge is 0.224 e. The average Bonchev–Trinajstić information content (AvgIpc) is 2.49. The SMILES string of the molecule is Cc1ccccc1OCCNC(=O)Cc1ccc(Cl)c(Cl)c1. The van der Waals surface area contributed by atoms with Gasteiger partial charge < -0.3 is 10.1 Å². The minimum absolute atomic E-state index is 0.0771. The van der Waals surface area contributed by atoms with Gasteiger partial charge in [0.2, 0.25) is 5.91 Å². The van der Waals surface area contributed by atoms with Gasteiger partial charge in [-0.15, -0.1) is 0 Å². The standard InChI is InChI=1S/C17H17Cl2NO2/c1-12-4-2-3-5-16(12)22-9-8-20-17(21)11-13-6-7-14(18)15(19)10-13/h2-7,10H,8-9,11H2,1H3,(H,20,21). The topological polar surface area (TPSA) is 38.3 Å². The van der Waals surface area contributed by atoms with E-state index >= 15 is 0 Å². The summed E-state index contributed by atoms with van der Waals surface area (Å²) < 4.78 is 5.62. The number of carbonyl (C=O) groups excluding carboxylic acids is 1. The number of aryl methyl sites for hydroxylation is 1. The van der Waals surface area contributed by atoms with Gasteiger partial charge >= 0.3 is 0 Å². The van der Waals surface area contributed by atoms with Gasteiger partial charge in [-0.3, -0.25) is 4.79 Å². The van der Waals surface area contributed by atoms with Gasteiger partial charge in [-0.05, 0) is 36.2 Å². The van der Waals surface area contributed by atoms with Gasteiger partial charge in [0.25, 0.3) is 0 Å². The highest BCUT2D eigenvalue weighted by atomic mass is 35.5. The van der Waals surface area contributed by atoms with E-state index in [1.807, 2.05) is 31.2 Å². The molecule has 0 aromatic heterocycles. The molecule has 5 heteroatoms. The number of hydrogen-bond donors (Lipinski definition) is 1. The maximum atomic E-state index is 11.8. The first-order valence-corrected chi connectivity index (χ1v) is 7.71. The molecular weight excluding hydrogens is 321 g/mol. The molecule has 2 aromatic carbocycles. The van der Waals surface area contributed by atoms with Crippen molar-refractivity contribution in [3.63, 3.8) is 0 Å². The molecule has 0 atom stereocenters. The number of rotatable bonds is 6. The highest BCUT2D eigenvalue weighted by Gasteiger charge is 2.05. The van der Waals surface area contributed by atoms with E-state index in [2.05, 4.69) is 5.32 Å². The molecule has 0 aliphatic rings. The van der Waals surface area contributed by atoms with E-state index in [-0.39, 0.29) is 12.3 Å². The quantitative estimate of drug-likeness (QED) is 0.808. The summed E-state index contributed by atoms with van der Waals surface area (Å²) in [5.74, 6) is 0.757. The van der Waals surface area contributed by atoms with E-state index in [0.717, 1.165) is 16.9 Å². The predicted octanol–water partition coefficient (Wildman–Crippen LogP) is 4.04. The minimum atomic E-state index is -0.0771. The molecule has 22 heavy (non-hydrogen) atoms. The van der Waals surface area contributed by atoms with Gasteiger partial charge in [0.15, 0.2) is 0 Å². The summed E-state index contributed by atoms with van der Waals surface area (Å²) in [6.45, 7) is 2.87. The summed E-state index contributed by atoms with van der Waals surface area (Å²) in [6.07, 6.45) is 0.265. The Morgan fingerprint density at radius 3 is 2.64 bits per heavy atom. The second-order valence-electron chi connectivity index (χ2n) is 4.89. The third-order valence-electron chi connectivity index (χ3n) is 3.12. The first-order chi connectivity index (χ1) is 10.6. The molecule has 0 saturated heterocycles. The van der Waals surface area contributed by atoms with Crippen LogP contribution < -0.4 is 10.1 Å². The fourth-order valence-electron chi connectivity index (χ4n) is 1.97. The lowest BCUT2D eigenvalue weighted by Crippen LogP contribution is -2.29. The largest absolute Gasteiger partial charge is 0.491 e. The lowest BCUT2D eigenvalue weighted by atomic mass is 10.1. The van der Waals surface area contributed by atoms with Crippen LogP contribution in [0.3, 0.4) is 0 Å². The number of benzene rings is 2. The van der Waals surface area contributed by atoms with Crippen LogP contribution in [0.1, 0.15) is 11.1 Å². The molecule has 2 rings (SSSR count). The lowest BCUT2D eigenvalue weighted by Gasteiger charge is -2.10. The molecule has 1 amide bonds. The van der Waals surface area contributed by atoms with Crippen molar-refractivity contribution in [2.24, 2.45) is 0 Å². The zero-order valence-corrected chi connectivity index (χ0v) is 13.7. The van der Waals surface area contributed by atoms with Crippen LogP contribution in [0.2, 0.25) is 10.0 Å². The van der Waals surface area contributed by atoms with Gasteiger partial charge in [-0.1, -0.05) is 47.5 Å². The molecule has 0 bridgehead atoms. The van der Waals surface area contributed by atoms with Crippen molar-refractivity contribution >= 4 is 29.1 Å². The van der Waals surface area contributed by atoms with Crippen LogP contribution in [0.4, 0.5) is 0 Å². The summed E-state index contributed by atoms with van der Waals surface area (Å²) in [6, 6.07) is 13.0. The second kappa shape index (κ2) is 8.06.